The highest BCUT2D eigenvalue weighted by molar-refractivity contribution is 5.97. The number of ether oxygens (including phenoxy) is 1. The molecule has 1 aliphatic rings. The SMILES string of the molecule is CCON=CC1(C=NOCC)CCCc2cc(/C(C)=C/C=C/C(C)=C/C(=O)OCC)ccc21. The minimum Gasteiger partial charge on any atom is -0.463 e. The molecule has 6 nitrogen and oxygen atoms in total. The zero-order valence-electron chi connectivity index (χ0n) is 20.5. The van der Waals surface area contributed by atoms with Crippen LogP contribution < -0.4 is 0 Å². The molecule has 178 valence electrons. The lowest BCUT2D eigenvalue weighted by atomic mass is 9.71. The maximum atomic E-state index is 11.5. The molecule has 1 aromatic rings. The lowest BCUT2D eigenvalue weighted by Crippen LogP contribution is -2.34. The molecule has 2 rings (SSSR count). The maximum absolute atomic E-state index is 11.5. The van der Waals surface area contributed by atoms with E-state index in [0.717, 1.165) is 36.0 Å². The summed E-state index contributed by atoms with van der Waals surface area (Å²) in [6.45, 7) is 11.0. The van der Waals surface area contributed by atoms with Crippen LogP contribution in [0.4, 0.5) is 0 Å². The summed E-state index contributed by atoms with van der Waals surface area (Å²) < 4.78 is 4.94. The molecule has 1 aliphatic carbocycles. The van der Waals surface area contributed by atoms with Crippen molar-refractivity contribution in [3.8, 4) is 0 Å². The Hall–Kier alpha value is -3.15. The molecule has 0 atom stereocenters. The molecular weight excluding hydrogens is 416 g/mol. The Morgan fingerprint density at radius 2 is 1.76 bits per heavy atom. The minimum absolute atomic E-state index is 0.320. The van der Waals surface area contributed by atoms with Crippen molar-refractivity contribution in [2.24, 2.45) is 10.3 Å². The van der Waals surface area contributed by atoms with Gasteiger partial charge in [0.15, 0.2) is 0 Å². The molecule has 0 saturated carbocycles. The van der Waals surface area contributed by atoms with E-state index in [-0.39, 0.29) is 5.97 Å². The van der Waals surface area contributed by atoms with Gasteiger partial charge in [0.25, 0.3) is 0 Å². The van der Waals surface area contributed by atoms with Crippen LogP contribution in [0.5, 0.6) is 0 Å². The molecule has 0 aliphatic heterocycles. The van der Waals surface area contributed by atoms with Crippen molar-refractivity contribution in [1.29, 1.82) is 0 Å². The predicted molar refractivity (Wildman–Crippen MR) is 134 cm³/mol. The van der Waals surface area contributed by atoms with E-state index in [1.54, 1.807) is 6.92 Å². The molecule has 0 saturated heterocycles. The van der Waals surface area contributed by atoms with Crippen molar-refractivity contribution < 1.29 is 19.2 Å². The number of oxime groups is 2. The Morgan fingerprint density at radius 3 is 2.39 bits per heavy atom. The number of carbonyl (C=O) groups excluding carboxylic acids is 1. The first-order valence-corrected chi connectivity index (χ1v) is 11.6. The smallest absolute Gasteiger partial charge is 0.330 e. The predicted octanol–water partition coefficient (Wildman–Crippen LogP) is 5.77. The van der Waals surface area contributed by atoms with E-state index in [9.17, 15) is 4.79 Å². The second-order valence-corrected chi connectivity index (χ2v) is 7.92. The zero-order valence-corrected chi connectivity index (χ0v) is 20.5. The summed E-state index contributed by atoms with van der Waals surface area (Å²) in [6.07, 6.45) is 14.0. The van der Waals surface area contributed by atoms with E-state index >= 15 is 0 Å². The first-order valence-electron chi connectivity index (χ1n) is 11.6. The van der Waals surface area contributed by atoms with E-state index in [4.69, 9.17) is 14.4 Å². The van der Waals surface area contributed by atoms with E-state index in [1.165, 1.54) is 17.2 Å². The van der Waals surface area contributed by atoms with Gasteiger partial charge in [0.05, 0.1) is 24.5 Å². The minimum atomic E-state index is -0.441. The van der Waals surface area contributed by atoms with Gasteiger partial charge in [0.1, 0.15) is 13.2 Å². The lowest BCUT2D eigenvalue weighted by Gasteiger charge is -2.32. The number of aryl methyl sites for hydroxylation is 1. The second kappa shape index (κ2) is 13.4. The van der Waals surface area contributed by atoms with Gasteiger partial charge in [-0.1, -0.05) is 46.7 Å². The van der Waals surface area contributed by atoms with Gasteiger partial charge >= 0.3 is 5.97 Å². The number of hydrogen-bond acceptors (Lipinski definition) is 6. The number of carbonyl (C=O) groups is 1. The Kier molecular flexibility index (Phi) is 10.6. The van der Waals surface area contributed by atoms with E-state index in [2.05, 4.69) is 35.4 Å². The van der Waals surface area contributed by atoms with Gasteiger partial charge in [-0.3, -0.25) is 0 Å². The molecular formula is C27H36N2O4. The van der Waals surface area contributed by atoms with Crippen molar-refractivity contribution >= 4 is 24.0 Å². The molecule has 0 radical (unpaired) electrons. The van der Waals surface area contributed by atoms with Crippen molar-refractivity contribution in [2.75, 3.05) is 19.8 Å². The highest BCUT2D eigenvalue weighted by Gasteiger charge is 2.34. The fourth-order valence-electron chi connectivity index (χ4n) is 3.78. The van der Waals surface area contributed by atoms with Crippen molar-refractivity contribution in [1.82, 2.24) is 0 Å². The number of rotatable bonds is 11. The molecule has 0 bridgehead atoms. The number of allylic oxidation sites excluding steroid dienone is 5. The Balaban J connectivity index is 2.29. The average molecular weight is 453 g/mol. The average Bonchev–Trinajstić information content (AvgIpc) is 2.79. The van der Waals surface area contributed by atoms with Crippen molar-refractivity contribution in [3.05, 3.63) is 64.8 Å². The zero-order chi connectivity index (χ0) is 24.1. The van der Waals surface area contributed by atoms with Gasteiger partial charge < -0.3 is 14.4 Å². The largest absolute Gasteiger partial charge is 0.463 e. The molecule has 0 heterocycles. The van der Waals surface area contributed by atoms with Gasteiger partial charge in [0.2, 0.25) is 0 Å². The third-order valence-corrected chi connectivity index (χ3v) is 5.41. The molecule has 33 heavy (non-hydrogen) atoms. The van der Waals surface area contributed by atoms with Crippen LogP contribution in [0.3, 0.4) is 0 Å². The van der Waals surface area contributed by atoms with Crippen LogP contribution in [-0.2, 0) is 31.0 Å². The third-order valence-electron chi connectivity index (χ3n) is 5.41. The van der Waals surface area contributed by atoms with Gasteiger partial charge in [-0.25, -0.2) is 4.79 Å². The molecule has 0 fully saturated rings. The summed E-state index contributed by atoms with van der Waals surface area (Å²) in [5, 5.41) is 8.36. The molecule has 6 heteroatoms. The third kappa shape index (κ3) is 7.74. The topological polar surface area (TPSA) is 69.5 Å². The van der Waals surface area contributed by atoms with Crippen LogP contribution in [0.25, 0.3) is 5.57 Å². The standard InChI is InChI=1S/C27H36N2O4/c1-6-31-26(30)17-21(4)11-9-12-22(5)23-14-15-25-24(18-23)13-10-16-27(25,19-28-32-7-2)20-29-33-8-3/h9,11-12,14-15,17-20H,6-8,10,13,16H2,1-5H3/b11-9+,21-17+,22-12+,28-19?,29-20?. The van der Waals surface area contributed by atoms with E-state index in [0.29, 0.717) is 19.8 Å². The molecule has 0 N–H and O–H groups in total. The van der Waals surface area contributed by atoms with Crippen LogP contribution in [0.1, 0.15) is 64.2 Å². The molecule has 0 aromatic heterocycles. The van der Waals surface area contributed by atoms with Gasteiger partial charge in [-0.15, -0.1) is 0 Å². The first kappa shape index (κ1) is 26.1. The molecule has 0 unspecified atom stereocenters. The number of benzene rings is 1. The highest BCUT2D eigenvalue weighted by atomic mass is 16.6. The summed E-state index contributed by atoms with van der Waals surface area (Å²) >= 11 is 0. The molecule has 0 spiro atoms. The van der Waals surface area contributed by atoms with Crippen LogP contribution >= 0.6 is 0 Å². The van der Waals surface area contributed by atoms with Crippen LogP contribution in [0.2, 0.25) is 0 Å². The molecule has 1 aromatic carbocycles. The Bertz CT molecular complexity index is 925. The Morgan fingerprint density at radius 1 is 1.06 bits per heavy atom. The van der Waals surface area contributed by atoms with Crippen LogP contribution in [0, 0.1) is 0 Å². The fourth-order valence-corrected chi connectivity index (χ4v) is 3.78. The first-order chi connectivity index (χ1) is 16.0. The quantitative estimate of drug-likeness (QED) is 0.140. The normalized spacial score (nSPS) is 19.3. The van der Waals surface area contributed by atoms with E-state index in [1.807, 2.05) is 51.4 Å². The van der Waals surface area contributed by atoms with Crippen LogP contribution in [-0.4, -0.2) is 38.2 Å². The van der Waals surface area contributed by atoms with Gasteiger partial charge in [-0.2, -0.15) is 0 Å². The summed E-state index contributed by atoms with van der Waals surface area (Å²) in [5.41, 5.74) is 5.16. The van der Waals surface area contributed by atoms with Gasteiger partial charge in [0, 0.05) is 6.08 Å². The summed E-state index contributed by atoms with van der Waals surface area (Å²) in [6, 6.07) is 6.53. The van der Waals surface area contributed by atoms with E-state index < -0.39 is 5.41 Å². The second-order valence-electron chi connectivity index (χ2n) is 7.92. The van der Waals surface area contributed by atoms with Crippen molar-refractivity contribution in [2.45, 2.75) is 59.3 Å². The number of nitrogens with zero attached hydrogens (tertiary/aromatic N) is 2. The van der Waals surface area contributed by atoms with Gasteiger partial charge in [-0.05, 0) is 81.7 Å². The number of fused-ring (bicyclic) bond motifs is 1. The maximum Gasteiger partial charge on any atom is 0.330 e. The molecule has 0 amide bonds. The summed E-state index contributed by atoms with van der Waals surface area (Å²) in [4.78, 5) is 22.1. The Labute approximate surface area is 197 Å². The van der Waals surface area contributed by atoms with Crippen LogP contribution in [0.15, 0.2) is 58.4 Å². The van der Waals surface area contributed by atoms with Crippen molar-refractivity contribution in [3.63, 3.8) is 0 Å². The summed E-state index contributed by atoms with van der Waals surface area (Å²) in [7, 11) is 0. The lowest BCUT2D eigenvalue weighted by molar-refractivity contribution is -0.137. The monoisotopic (exact) mass is 452 g/mol. The number of hydrogen-bond donors (Lipinski definition) is 0. The fraction of sp³-hybridized carbons (Fsp3) is 0.444. The highest BCUT2D eigenvalue weighted by Crippen LogP contribution is 2.36. The summed E-state index contributed by atoms with van der Waals surface area (Å²) in [5.74, 6) is -0.320. The number of esters is 1.